The van der Waals surface area contributed by atoms with Crippen molar-refractivity contribution in [1.29, 1.82) is 0 Å². The van der Waals surface area contributed by atoms with Crippen molar-refractivity contribution >= 4 is 0 Å². The molecule has 0 radical (unpaired) electrons. The Balaban J connectivity index is 3.18. The van der Waals surface area contributed by atoms with Gasteiger partial charge in [0.15, 0.2) is 0 Å². The summed E-state index contributed by atoms with van der Waals surface area (Å²) in [4.78, 5) is 0. The molecule has 0 heterocycles. The summed E-state index contributed by atoms with van der Waals surface area (Å²) in [5, 5.41) is 0. The van der Waals surface area contributed by atoms with E-state index in [0.29, 0.717) is 0 Å². The maximum absolute atomic E-state index is 2.48. The molecule has 0 spiro atoms. The molecule has 0 fully saturated rings. The fraction of sp³-hybridized carbons (Fsp3) is 0.879. The van der Waals surface area contributed by atoms with E-state index in [-0.39, 0.29) is 0 Å². The van der Waals surface area contributed by atoms with Crippen molar-refractivity contribution in [1.82, 2.24) is 0 Å². The Morgan fingerprint density at radius 1 is 0.394 bits per heavy atom. The molecule has 0 aromatic rings. The van der Waals surface area contributed by atoms with Crippen molar-refractivity contribution in [2.45, 2.75) is 181 Å². The molecule has 0 bridgehead atoms. The van der Waals surface area contributed by atoms with Crippen LogP contribution in [0.25, 0.3) is 0 Å². The van der Waals surface area contributed by atoms with Gasteiger partial charge in [-0.3, -0.25) is 0 Å². The topological polar surface area (TPSA) is 0 Å². The van der Waals surface area contributed by atoms with Crippen LogP contribution in [0, 0.1) is 5.92 Å². The Morgan fingerprint density at radius 2 is 0.727 bits per heavy atom. The smallest absolute Gasteiger partial charge is 0.0351 e. The minimum Gasteiger partial charge on any atom is -0.0888 e. The van der Waals surface area contributed by atoms with Gasteiger partial charge in [-0.25, -0.2) is 0 Å². The van der Waals surface area contributed by atoms with Gasteiger partial charge in [0.2, 0.25) is 0 Å². The molecular weight excluding hydrogens is 396 g/mol. The Labute approximate surface area is 211 Å². The van der Waals surface area contributed by atoms with Crippen LogP contribution >= 0.6 is 0 Å². The van der Waals surface area contributed by atoms with Crippen LogP contribution in [0.2, 0.25) is 0 Å². The third-order valence-corrected chi connectivity index (χ3v) is 7.18. The third kappa shape index (κ3) is 29.4. The third-order valence-electron chi connectivity index (χ3n) is 7.18. The lowest BCUT2D eigenvalue weighted by atomic mass is 9.96. The molecule has 0 aliphatic heterocycles. The highest BCUT2D eigenvalue weighted by Gasteiger charge is 2.02. The maximum atomic E-state index is 2.48. The Morgan fingerprint density at radius 3 is 1.12 bits per heavy atom. The fourth-order valence-electron chi connectivity index (χ4n) is 4.81. The summed E-state index contributed by atoms with van der Waals surface area (Å²) >= 11 is 0. The summed E-state index contributed by atoms with van der Waals surface area (Å²) in [6, 6.07) is 0. The zero-order chi connectivity index (χ0) is 24.1. The summed E-state index contributed by atoms with van der Waals surface area (Å²) in [5.41, 5.74) is 0. The minimum absolute atomic E-state index is 0.959. The van der Waals surface area contributed by atoms with Gasteiger partial charge in [0.1, 0.15) is 0 Å². The first-order valence-corrected chi connectivity index (χ1v) is 15.6. The van der Waals surface area contributed by atoms with E-state index in [1.807, 2.05) is 0 Å². The van der Waals surface area contributed by atoms with Crippen molar-refractivity contribution in [2.24, 2.45) is 5.92 Å². The number of hydrogen-bond donors (Lipinski definition) is 0. The Bertz CT molecular complexity index is 391. The first-order valence-electron chi connectivity index (χ1n) is 15.6. The molecule has 0 saturated carbocycles. The summed E-state index contributed by atoms with van der Waals surface area (Å²) in [5.74, 6) is 0.959. The molecule has 0 amide bonds. The van der Waals surface area contributed by atoms with Crippen LogP contribution in [0.15, 0.2) is 24.3 Å². The summed E-state index contributed by atoms with van der Waals surface area (Å²) < 4.78 is 0. The highest BCUT2D eigenvalue weighted by molar-refractivity contribution is 4.81. The molecule has 0 N–H and O–H groups in total. The normalized spacial score (nSPS) is 12.9. The average Bonchev–Trinajstić information content (AvgIpc) is 2.82. The minimum atomic E-state index is 0.959. The van der Waals surface area contributed by atoms with Gasteiger partial charge in [0.05, 0.1) is 0 Å². The maximum Gasteiger partial charge on any atom is -0.0351 e. The SMILES string of the molecule is CC/C=C/CCCCCCCC/C=C/CCCCCCCCCC(C)CCCCCCCC. The molecule has 0 aromatic carbocycles. The number of allylic oxidation sites excluding steroid dienone is 4. The lowest BCUT2D eigenvalue weighted by Crippen LogP contribution is -1.95. The van der Waals surface area contributed by atoms with Gasteiger partial charge in [0, 0.05) is 0 Å². The molecule has 0 aliphatic carbocycles. The molecule has 196 valence electrons. The fourth-order valence-corrected chi connectivity index (χ4v) is 4.81. The van der Waals surface area contributed by atoms with Crippen LogP contribution in [0.5, 0.6) is 0 Å². The molecule has 0 rings (SSSR count). The van der Waals surface area contributed by atoms with Crippen molar-refractivity contribution in [3.63, 3.8) is 0 Å². The number of unbranched alkanes of at least 4 members (excludes halogenated alkanes) is 19. The highest BCUT2D eigenvalue weighted by Crippen LogP contribution is 2.19. The van der Waals surface area contributed by atoms with Gasteiger partial charge >= 0.3 is 0 Å². The Hall–Kier alpha value is -0.520. The summed E-state index contributed by atoms with van der Waals surface area (Å²) in [6.07, 6.45) is 44.9. The first kappa shape index (κ1) is 32.5. The lowest BCUT2D eigenvalue weighted by molar-refractivity contribution is 0.431. The first-order chi connectivity index (χ1) is 16.3. The van der Waals surface area contributed by atoms with Gasteiger partial charge in [0.25, 0.3) is 0 Å². The number of rotatable bonds is 27. The lowest BCUT2D eigenvalue weighted by Gasteiger charge is -2.11. The second kappa shape index (κ2) is 29.5. The van der Waals surface area contributed by atoms with Gasteiger partial charge in [-0.15, -0.1) is 0 Å². The largest absolute Gasteiger partial charge is 0.0888 e. The monoisotopic (exact) mass is 461 g/mol. The molecule has 0 aliphatic rings. The molecule has 0 saturated heterocycles. The van der Waals surface area contributed by atoms with E-state index in [1.165, 1.54) is 161 Å². The van der Waals surface area contributed by atoms with E-state index in [1.54, 1.807) is 0 Å². The van der Waals surface area contributed by atoms with Crippen LogP contribution in [0.3, 0.4) is 0 Å². The van der Waals surface area contributed by atoms with E-state index in [0.717, 1.165) is 5.92 Å². The van der Waals surface area contributed by atoms with E-state index >= 15 is 0 Å². The highest BCUT2D eigenvalue weighted by atomic mass is 14.1. The van der Waals surface area contributed by atoms with Crippen LogP contribution in [0.4, 0.5) is 0 Å². The zero-order valence-electron chi connectivity index (χ0n) is 23.6. The van der Waals surface area contributed by atoms with Gasteiger partial charge in [-0.2, -0.15) is 0 Å². The van der Waals surface area contributed by atoms with Crippen molar-refractivity contribution in [2.75, 3.05) is 0 Å². The van der Waals surface area contributed by atoms with Gasteiger partial charge < -0.3 is 0 Å². The van der Waals surface area contributed by atoms with E-state index in [9.17, 15) is 0 Å². The summed E-state index contributed by atoms with van der Waals surface area (Å²) in [6.45, 7) is 7.00. The van der Waals surface area contributed by atoms with Gasteiger partial charge in [-0.1, -0.05) is 161 Å². The van der Waals surface area contributed by atoms with Crippen LogP contribution in [-0.4, -0.2) is 0 Å². The van der Waals surface area contributed by atoms with Crippen molar-refractivity contribution in [3.8, 4) is 0 Å². The predicted molar refractivity (Wildman–Crippen MR) is 154 cm³/mol. The standard InChI is InChI=1S/C33H64/c1-4-6-8-10-12-13-14-15-16-17-18-19-20-21-22-23-24-25-26-28-30-32-33(3)31-29-27-11-9-7-5-2/h6,8,19-20,33H,4-5,7,9-18,21-32H2,1-3H3/b8-6+,20-19+. The molecule has 0 nitrogen and oxygen atoms in total. The predicted octanol–water partition coefficient (Wildman–Crippen LogP) is 12.5. The second-order valence-corrected chi connectivity index (χ2v) is 10.8. The molecule has 1 atom stereocenters. The van der Waals surface area contributed by atoms with Crippen molar-refractivity contribution < 1.29 is 0 Å². The molecular formula is C33H64. The van der Waals surface area contributed by atoms with Crippen molar-refractivity contribution in [3.05, 3.63) is 24.3 Å². The van der Waals surface area contributed by atoms with Crippen LogP contribution in [0.1, 0.15) is 181 Å². The molecule has 33 heavy (non-hydrogen) atoms. The molecule has 0 heteroatoms. The molecule has 0 aromatic heterocycles. The average molecular weight is 461 g/mol. The van der Waals surface area contributed by atoms with E-state index < -0.39 is 0 Å². The second-order valence-electron chi connectivity index (χ2n) is 10.8. The van der Waals surface area contributed by atoms with E-state index in [4.69, 9.17) is 0 Å². The van der Waals surface area contributed by atoms with Crippen LogP contribution < -0.4 is 0 Å². The Kier molecular flexibility index (Phi) is 29.0. The zero-order valence-corrected chi connectivity index (χ0v) is 23.6. The molecule has 1 unspecified atom stereocenters. The van der Waals surface area contributed by atoms with Gasteiger partial charge in [-0.05, 0) is 50.9 Å². The summed E-state index contributed by atoms with van der Waals surface area (Å²) in [7, 11) is 0. The number of hydrogen-bond acceptors (Lipinski definition) is 0. The van der Waals surface area contributed by atoms with E-state index in [2.05, 4.69) is 45.1 Å². The van der Waals surface area contributed by atoms with Crippen LogP contribution in [-0.2, 0) is 0 Å². The quantitative estimate of drug-likeness (QED) is 0.0844.